The van der Waals surface area contributed by atoms with Crippen LogP contribution in [0.1, 0.15) is 67.8 Å². The monoisotopic (exact) mass is 351 g/mol. The molecule has 4 saturated carbocycles. The van der Waals surface area contributed by atoms with Gasteiger partial charge in [-0.05, 0) is 80.0 Å². The second kappa shape index (κ2) is 5.49. The Balaban J connectivity index is 1.53. The molecule has 4 fully saturated rings. The van der Waals surface area contributed by atoms with Crippen LogP contribution in [0.25, 0.3) is 0 Å². The Bertz CT molecular complexity index is 665. The van der Waals surface area contributed by atoms with Crippen LogP contribution in [0.15, 0.2) is 24.3 Å². The highest BCUT2D eigenvalue weighted by atomic mass is 19.4. The minimum atomic E-state index is -4.37. The molecule has 0 aliphatic heterocycles. The standard InChI is InChI=1S/C20H24F3NO/c1-2-18-8-13-7-14(9-18)11-19(10-13,12-18)24-17(25)15-3-5-16(6-4-15)20(21,22)23/h3-6,13-14H,2,7-12H2,1H3,(H,24,25). The summed E-state index contributed by atoms with van der Waals surface area (Å²) >= 11 is 0. The first-order valence-electron chi connectivity index (χ1n) is 9.22. The average molecular weight is 351 g/mol. The summed E-state index contributed by atoms with van der Waals surface area (Å²) in [5.74, 6) is 1.14. The fraction of sp³-hybridized carbons (Fsp3) is 0.650. The molecular weight excluding hydrogens is 327 g/mol. The van der Waals surface area contributed by atoms with Crippen molar-refractivity contribution in [3.05, 3.63) is 35.4 Å². The van der Waals surface area contributed by atoms with Gasteiger partial charge >= 0.3 is 6.18 Å². The largest absolute Gasteiger partial charge is 0.416 e. The number of rotatable bonds is 3. The van der Waals surface area contributed by atoms with Crippen molar-refractivity contribution < 1.29 is 18.0 Å². The molecule has 4 bridgehead atoms. The van der Waals surface area contributed by atoms with Crippen molar-refractivity contribution in [3.63, 3.8) is 0 Å². The smallest absolute Gasteiger partial charge is 0.347 e. The lowest BCUT2D eigenvalue weighted by molar-refractivity contribution is -0.137. The first kappa shape index (κ1) is 16.9. The molecule has 1 aromatic rings. The summed E-state index contributed by atoms with van der Waals surface area (Å²) in [7, 11) is 0. The quantitative estimate of drug-likeness (QED) is 0.798. The summed E-state index contributed by atoms with van der Waals surface area (Å²) < 4.78 is 38.1. The van der Waals surface area contributed by atoms with Gasteiger partial charge in [0, 0.05) is 11.1 Å². The van der Waals surface area contributed by atoms with Gasteiger partial charge in [-0.25, -0.2) is 0 Å². The first-order valence-corrected chi connectivity index (χ1v) is 9.22. The van der Waals surface area contributed by atoms with E-state index in [-0.39, 0.29) is 11.4 Å². The van der Waals surface area contributed by atoms with E-state index in [0.717, 1.165) is 37.8 Å². The second-order valence-corrected chi connectivity index (χ2v) is 8.62. The Morgan fingerprint density at radius 1 is 1.12 bits per heavy atom. The van der Waals surface area contributed by atoms with Crippen molar-refractivity contribution in [1.29, 1.82) is 0 Å². The van der Waals surface area contributed by atoms with Gasteiger partial charge in [0.15, 0.2) is 0 Å². The Morgan fingerprint density at radius 2 is 1.72 bits per heavy atom. The van der Waals surface area contributed by atoms with Crippen molar-refractivity contribution in [2.24, 2.45) is 17.3 Å². The van der Waals surface area contributed by atoms with Crippen molar-refractivity contribution in [2.45, 2.75) is 63.6 Å². The van der Waals surface area contributed by atoms with Crippen LogP contribution in [0.2, 0.25) is 0 Å². The fourth-order valence-corrected chi connectivity index (χ4v) is 6.14. The number of amides is 1. The van der Waals surface area contributed by atoms with Crippen molar-refractivity contribution in [2.75, 3.05) is 0 Å². The third-order valence-corrected chi connectivity index (χ3v) is 6.79. The lowest BCUT2D eigenvalue weighted by atomic mass is 9.46. The van der Waals surface area contributed by atoms with Gasteiger partial charge in [0.25, 0.3) is 5.91 Å². The van der Waals surface area contributed by atoms with Gasteiger partial charge in [-0.3, -0.25) is 4.79 Å². The minimum Gasteiger partial charge on any atom is -0.347 e. The topological polar surface area (TPSA) is 29.1 Å². The van der Waals surface area contributed by atoms with Gasteiger partial charge in [0.1, 0.15) is 0 Å². The summed E-state index contributed by atoms with van der Waals surface area (Å²) in [4.78, 5) is 12.7. The van der Waals surface area contributed by atoms with E-state index in [4.69, 9.17) is 0 Å². The molecule has 5 rings (SSSR count). The molecule has 0 radical (unpaired) electrons. The SMILES string of the molecule is CCC12CC3CC(C1)CC(NC(=O)c1ccc(C(F)(F)F)cc1)(C3)C2. The van der Waals surface area contributed by atoms with E-state index in [1.807, 2.05) is 0 Å². The molecule has 0 heterocycles. The maximum atomic E-state index is 12.7. The first-order chi connectivity index (χ1) is 11.7. The van der Waals surface area contributed by atoms with Gasteiger partial charge in [-0.1, -0.05) is 13.3 Å². The van der Waals surface area contributed by atoms with E-state index in [9.17, 15) is 18.0 Å². The Morgan fingerprint density at radius 3 is 2.24 bits per heavy atom. The molecule has 136 valence electrons. The zero-order valence-corrected chi connectivity index (χ0v) is 14.5. The fourth-order valence-electron chi connectivity index (χ4n) is 6.14. The van der Waals surface area contributed by atoms with Crippen molar-refractivity contribution in [3.8, 4) is 0 Å². The lowest BCUT2D eigenvalue weighted by Crippen LogP contribution is -2.63. The molecule has 1 N–H and O–H groups in total. The maximum absolute atomic E-state index is 12.7. The van der Waals surface area contributed by atoms with Crippen LogP contribution >= 0.6 is 0 Å². The molecule has 1 aromatic carbocycles. The molecule has 0 spiro atoms. The Kier molecular flexibility index (Phi) is 3.71. The van der Waals surface area contributed by atoms with E-state index < -0.39 is 11.7 Å². The Labute approximate surface area is 146 Å². The second-order valence-electron chi connectivity index (χ2n) is 8.62. The maximum Gasteiger partial charge on any atom is 0.416 e. The number of benzene rings is 1. The molecule has 0 aromatic heterocycles. The van der Waals surface area contributed by atoms with Gasteiger partial charge in [-0.2, -0.15) is 13.2 Å². The van der Waals surface area contributed by atoms with Gasteiger partial charge in [-0.15, -0.1) is 0 Å². The summed E-state index contributed by atoms with van der Waals surface area (Å²) in [6.45, 7) is 2.25. The zero-order valence-electron chi connectivity index (χ0n) is 14.5. The van der Waals surface area contributed by atoms with E-state index in [1.54, 1.807) is 0 Å². The highest BCUT2D eigenvalue weighted by Crippen LogP contribution is 2.62. The van der Waals surface area contributed by atoms with Gasteiger partial charge < -0.3 is 5.32 Å². The molecule has 2 atom stereocenters. The van der Waals surface area contributed by atoms with Crippen LogP contribution in [-0.4, -0.2) is 11.4 Å². The van der Waals surface area contributed by atoms with Crippen LogP contribution in [0.5, 0.6) is 0 Å². The summed E-state index contributed by atoms with van der Waals surface area (Å²) in [6, 6.07) is 4.55. The summed E-state index contributed by atoms with van der Waals surface area (Å²) in [6.07, 6.45) is 3.68. The average Bonchev–Trinajstić information content (AvgIpc) is 2.52. The molecule has 2 nitrogen and oxygen atoms in total. The zero-order chi connectivity index (χ0) is 17.9. The third-order valence-electron chi connectivity index (χ3n) is 6.79. The van der Waals surface area contributed by atoms with Gasteiger partial charge in [0.2, 0.25) is 0 Å². The number of hydrogen-bond donors (Lipinski definition) is 1. The number of hydrogen-bond acceptors (Lipinski definition) is 1. The van der Waals surface area contributed by atoms with Crippen LogP contribution in [0.4, 0.5) is 13.2 Å². The predicted octanol–water partition coefficient (Wildman–Crippen LogP) is 5.18. The van der Waals surface area contributed by atoms with E-state index in [0.29, 0.717) is 22.8 Å². The number of halogens is 3. The number of carbonyl (C=O) groups excluding carboxylic acids is 1. The van der Waals surface area contributed by atoms with Crippen molar-refractivity contribution >= 4 is 5.91 Å². The highest BCUT2D eigenvalue weighted by molar-refractivity contribution is 5.94. The van der Waals surface area contributed by atoms with Crippen LogP contribution < -0.4 is 5.32 Å². The summed E-state index contributed by atoms with van der Waals surface area (Å²) in [5.41, 5.74) is -0.199. The predicted molar refractivity (Wildman–Crippen MR) is 89.0 cm³/mol. The van der Waals surface area contributed by atoms with Crippen LogP contribution in [0, 0.1) is 17.3 Å². The Hall–Kier alpha value is -1.52. The van der Waals surface area contributed by atoms with E-state index in [1.165, 1.54) is 31.4 Å². The van der Waals surface area contributed by atoms with Crippen molar-refractivity contribution in [1.82, 2.24) is 5.32 Å². The molecule has 25 heavy (non-hydrogen) atoms. The van der Waals surface area contributed by atoms with E-state index >= 15 is 0 Å². The molecule has 1 amide bonds. The molecule has 0 saturated heterocycles. The number of alkyl halides is 3. The third kappa shape index (κ3) is 2.96. The van der Waals surface area contributed by atoms with Crippen LogP contribution in [-0.2, 0) is 6.18 Å². The lowest BCUT2D eigenvalue weighted by Gasteiger charge is -2.62. The highest BCUT2D eigenvalue weighted by Gasteiger charge is 2.57. The number of nitrogens with one attached hydrogen (secondary N) is 1. The van der Waals surface area contributed by atoms with Gasteiger partial charge in [0.05, 0.1) is 5.56 Å². The normalized spacial score (nSPS) is 36.5. The van der Waals surface area contributed by atoms with E-state index in [2.05, 4.69) is 12.2 Å². The molecule has 4 aliphatic rings. The minimum absolute atomic E-state index is 0.153. The molecule has 4 aliphatic carbocycles. The van der Waals surface area contributed by atoms with Crippen LogP contribution in [0.3, 0.4) is 0 Å². The molecule has 2 unspecified atom stereocenters. The molecular formula is C20H24F3NO. The number of carbonyl (C=O) groups is 1. The summed E-state index contributed by atoms with van der Waals surface area (Å²) in [5, 5.41) is 3.24. The molecule has 5 heteroatoms.